The van der Waals surface area contributed by atoms with E-state index in [1.165, 1.54) is 6.92 Å². The Kier molecular flexibility index (Phi) is 4.83. The fourth-order valence-corrected chi connectivity index (χ4v) is 1.03. The summed E-state index contributed by atoms with van der Waals surface area (Å²) in [6, 6.07) is 9.59. The van der Waals surface area contributed by atoms with Gasteiger partial charge in [-0.05, 0) is 12.1 Å². The molecule has 1 aromatic carbocycles. The van der Waals surface area contributed by atoms with E-state index in [4.69, 9.17) is 10.2 Å². The van der Waals surface area contributed by atoms with Crippen molar-refractivity contribution in [1.82, 2.24) is 10.2 Å². The third-order valence-electron chi connectivity index (χ3n) is 1.66. The van der Waals surface area contributed by atoms with E-state index in [9.17, 15) is 4.79 Å². The number of primary amides is 1. The van der Waals surface area contributed by atoms with E-state index in [1.54, 1.807) is 0 Å². The molecule has 0 aliphatic rings. The third kappa shape index (κ3) is 4.43. The van der Waals surface area contributed by atoms with Crippen molar-refractivity contribution in [2.75, 3.05) is 0 Å². The van der Waals surface area contributed by atoms with Gasteiger partial charge in [0.15, 0.2) is 0 Å². The van der Waals surface area contributed by atoms with Gasteiger partial charge in [-0.25, -0.2) is 0 Å². The van der Waals surface area contributed by atoms with Crippen LogP contribution in [0.1, 0.15) is 12.8 Å². The van der Waals surface area contributed by atoms with Gasteiger partial charge in [0.25, 0.3) is 0 Å². The summed E-state index contributed by atoms with van der Waals surface area (Å²) in [4.78, 5) is 9.22. The predicted octanol–water partition coefficient (Wildman–Crippen LogP) is 0.687. The number of carbonyl (C=O) groups excluding carboxylic acids is 1. The Labute approximate surface area is 98.6 Å². The first-order valence-corrected chi connectivity index (χ1v) is 4.97. The molecule has 0 saturated heterocycles. The smallest absolute Gasteiger partial charge is 0.247 e. The van der Waals surface area contributed by atoms with Crippen molar-refractivity contribution in [2.45, 2.75) is 13.5 Å². The molecule has 0 spiro atoms. The predicted molar refractivity (Wildman–Crippen MR) is 62.5 cm³/mol. The van der Waals surface area contributed by atoms with Crippen LogP contribution in [0.25, 0.3) is 11.5 Å². The molecular weight excluding hydrogens is 220 g/mol. The summed E-state index contributed by atoms with van der Waals surface area (Å²) in [6.07, 6.45) is 0. The summed E-state index contributed by atoms with van der Waals surface area (Å²) in [5.41, 5.74) is 10.7. The largest absolute Gasteiger partial charge is 0.419 e. The Morgan fingerprint density at radius 3 is 2.35 bits per heavy atom. The lowest BCUT2D eigenvalue weighted by molar-refractivity contribution is -0.115. The van der Waals surface area contributed by atoms with E-state index in [0.29, 0.717) is 11.8 Å². The zero-order valence-corrected chi connectivity index (χ0v) is 9.46. The molecule has 6 heteroatoms. The summed E-state index contributed by atoms with van der Waals surface area (Å²) in [6.45, 7) is 1.58. The highest BCUT2D eigenvalue weighted by atomic mass is 16.4. The van der Waals surface area contributed by atoms with Crippen molar-refractivity contribution < 1.29 is 9.21 Å². The lowest BCUT2D eigenvalue weighted by Crippen LogP contribution is -2.01. The van der Waals surface area contributed by atoms with Crippen molar-refractivity contribution in [1.29, 1.82) is 0 Å². The highest BCUT2D eigenvalue weighted by Crippen LogP contribution is 2.16. The number of benzene rings is 1. The van der Waals surface area contributed by atoms with Crippen molar-refractivity contribution in [2.24, 2.45) is 11.5 Å². The van der Waals surface area contributed by atoms with Crippen molar-refractivity contribution >= 4 is 5.91 Å². The molecule has 4 N–H and O–H groups in total. The monoisotopic (exact) mass is 234 g/mol. The quantitative estimate of drug-likeness (QED) is 0.794. The summed E-state index contributed by atoms with van der Waals surface area (Å²) < 4.78 is 5.27. The number of hydrogen-bond donors (Lipinski definition) is 2. The van der Waals surface area contributed by atoms with E-state index in [-0.39, 0.29) is 12.5 Å². The molecule has 0 fully saturated rings. The van der Waals surface area contributed by atoms with Crippen LogP contribution in [0.3, 0.4) is 0 Å². The molecule has 0 bridgehead atoms. The second-order valence-electron chi connectivity index (χ2n) is 3.18. The van der Waals surface area contributed by atoms with Crippen LogP contribution in [0.2, 0.25) is 0 Å². The van der Waals surface area contributed by atoms with Gasteiger partial charge in [0.2, 0.25) is 17.7 Å². The van der Waals surface area contributed by atoms with E-state index < -0.39 is 0 Å². The van der Waals surface area contributed by atoms with Gasteiger partial charge in [-0.2, -0.15) is 0 Å². The van der Waals surface area contributed by atoms with Crippen LogP contribution in [0.15, 0.2) is 34.7 Å². The Bertz CT molecular complexity index is 463. The first-order valence-electron chi connectivity index (χ1n) is 4.97. The van der Waals surface area contributed by atoms with E-state index in [0.717, 1.165) is 5.56 Å². The zero-order chi connectivity index (χ0) is 12.7. The second-order valence-corrected chi connectivity index (χ2v) is 3.18. The Hall–Kier alpha value is -2.21. The minimum absolute atomic E-state index is 0.278. The molecule has 1 amide bonds. The maximum absolute atomic E-state index is 9.22. The number of aromatic nitrogens is 2. The summed E-state index contributed by atoms with van der Waals surface area (Å²) in [5, 5.41) is 7.63. The van der Waals surface area contributed by atoms with Crippen molar-refractivity contribution in [3.05, 3.63) is 36.2 Å². The number of hydrogen-bond acceptors (Lipinski definition) is 5. The number of carbonyl (C=O) groups is 1. The minimum Gasteiger partial charge on any atom is -0.419 e. The molecule has 2 rings (SSSR count). The SMILES string of the molecule is CC(N)=O.NCc1nnc(-c2ccccc2)o1. The van der Waals surface area contributed by atoms with Gasteiger partial charge in [-0.3, -0.25) is 4.79 Å². The van der Waals surface area contributed by atoms with Gasteiger partial charge in [0, 0.05) is 12.5 Å². The number of amides is 1. The van der Waals surface area contributed by atoms with Crippen LogP contribution in [0, 0.1) is 0 Å². The topological polar surface area (TPSA) is 108 Å². The molecule has 1 aromatic heterocycles. The molecule has 0 unspecified atom stereocenters. The maximum Gasteiger partial charge on any atom is 0.247 e. The number of rotatable bonds is 2. The molecule has 0 radical (unpaired) electrons. The summed E-state index contributed by atoms with van der Waals surface area (Å²) in [7, 11) is 0. The van der Waals surface area contributed by atoms with E-state index >= 15 is 0 Å². The molecule has 0 saturated carbocycles. The molecular formula is C11H14N4O2. The van der Waals surface area contributed by atoms with Gasteiger partial charge >= 0.3 is 0 Å². The van der Waals surface area contributed by atoms with Gasteiger partial charge < -0.3 is 15.9 Å². The first-order chi connectivity index (χ1) is 8.13. The first kappa shape index (κ1) is 12.9. The zero-order valence-electron chi connectivity index (χ0n) is 9.46. The molecule has 0 aliphatic heterocycles. The Morgan fingerprint density at radius 2 is 1.88 bits per heavy atom. The average molecular weight is 234 g/mol. The fourth-order valence-electron chi connectivity index (χ4n) is 1.03. The number of nitrogens with two attached hydrogens (primary N) is 2. The van der Waals surface area contributed by atoms with Gasteiger partial charge in [-0.15, -0.1) is 10.2 Å². The van der Waals surface area contributed by atoms with Crippen LogP contribution < -0.4 is 11.5 Å². The molecule has 17 heavy (non-hydrogen) atoms. The van der Waals surface area contributed by atoms with Crippen LogP contribution in [0.5, 0.6) is 0 Å². The second kappa shape index (κ2) is 6.39. The van der Waals surface area contributed by atoms with Crippen LogP contribution in [0.4, 0.5) is 0 Å². The van der Waals surface area contributed by atoms with Gasteiger partial charge in [0.05, 0.1) is 6.54 Å². The summed E-state index contributed by atoms with van der Waals surface area (Å²) in [5.74, 6) is 0.639. The van der Waals surface area contributed by atoms with E-state index in [1.807, 2.05) is 30.3 Å². The van der Waals surface area contributed by atoms with Crippen molar-refractivity contribution in [3.63, 3.8) is 0 Å². The molecule has 2 aromatic rings. The van der Waals surface area contributed by atoms with Gasteiger partial charge in [0.1, 0.15) is 0 Å². The highest BCUT2D eigenvalue weighted by Gasteiger charge is 2.05. The van der Waals surface area contributed by atoms with Crippen LogP contribution in [-0.4, -0.2) is 16.1 Å². The minimum atomic E-state index is -0.333. The van der Waals surface area contributed by atoms with E-state index in [2.05, 4.69) is 15.9 Å². The summed E-state index contributed by atoms with van der Waals surface area (Å²) >= 11 is 0. The Morgan fingerprint density at radius 1 is 1.29 bits per heavy atom. The lowest BCUT2D eigenvalue weighted by Gasteiger charge is -1.91. The third-order valence-corrected chi connectivity index (χ3v) is 1.66. The highest BCUT2D eigenvalue weighted by molar-refractivity contribution is 5.70. The fraction of sp³-hybridized carbons (Fsp3) is 0.182. The molecule has 0 atom stereocenters. The standard InChI is InChI=1S/C9H9N3O.C2H5NO/c10-6-8-11-12-9(13-8)7-4-2-1-3-5-7;1-2(3)4/h1-5H,6,10H2;1H3,(H2,3,4). The molecule has 0 aliphatic carbocycles. The molecule has 6 nitrogen and oxygen atoms in total. The Balaban J connectivity index is 0.000000317. The molecule has 90 valence electrons. The average Bonchev–Trinajstić information content (AvgIpc) is 2.78. The maximum atomic E-state index is 9.22. The molecule has 1 heterocycles. The number of nitrogens with zero attached hydrogens (tertiary/aromatic N) is 2. The van der Waals surface area contributed by atoms with Crippen LogP contribution >= 0.6 is 0 Å². The lowest BCUT2D eigenvalue weighted by atomic mass is 10.2. The van der Waals surface area contributed by atoms with Crippen molar-refractivity contribution in [3.8, 4) is 11.5 Å². The van der Waals surface area contributed by atoms with Crippen LogP contribution in [-0.2, 0) is 11.3 Å². The normalized spacial score (nSPS) is 9.29. The van der Waals surface area contributed by atoms with Gasteiger partial charge in [-0.1, -0.05) is 18.2 Å².